The predicted molar refractivity (Wildman–Crippen MR) is 72.7 cm³/mol. The van der Waals surface area contributed by atoms with Gasteiger partial charge in [-0.2, -0.15) is 5.26 Å². The molecule has 2 aliphatic heterocycles. The minimum absolute atomic E-state index is 0.113. The summed E-state index contributed by atoms with van der Waals surface area (Å²) in [7, 11) is 2.80. The van der Waals surface area contributed by atoms with Gasteiger partial charge in [0.05, 0.1) is 12.5 Å². The van der Waals surface area contributed by atoms with E-state index in [1.165, 1.54) is 32.0 Å². The molecule has 8 nitrogen and oxygen atoms in total. The third kappa shape index (κ3) is 2.01. The number of urea groups is 1. The van der Waals surface area contributed by atoms with Crippen molar-refractivity contribution < 1.29 is 23.9 Å². The van der Waals surface area contributed by atoms with Gasteiger partial charge in [0.25, 0.3) is 0 Å². The van der Waals surface area contributed by atoms with Crippen LogP contribution in [-0.2, 0) is 19.1 Å². The zero-order valence-electron chi connectivity index (χ0n) is 12.8. The molecule has 2 rings (SSSR count). The molecule has 0 bridgehead atoms. The van der Waals surface area contributed by atoms with Crippen molar-refractivity contribution in [3.63, 3.8) is 0 Å². The Morgan fingerprint density at radius 1 is 1.50 bits per heavy atom. The van der Waals surface area contributed by atoms with Crippen molar-refractivity contribution in [2.45, 2.75) is 20.1 Å². The third-order valence-corrected chi connectivity index (χ3v) is 4.07. The van der Waals surface area contributed by atoms with Crippen LogP contribution >= 0.6 is 0 Å². The maximum Gasteiger partial charge on any atom is 0.329 e. The van der Waals surface area contributed by atoms with Gasteiger partial charge in [-0.05, 0) is 19.9 Å². The Bertz CT molecular complexity index is 608. The first-order valence-corrected chi connectivity index (χ1v) is 6.79. The topological polar surface area (TPSA) is 99.9 Å². The molecule has 0 aromatic rings. The summed E-state index contributed by atoms with van der Waals surface area (Å²) in [6.07, 6.45) is 0.238. The van der Waals surface area contributed by atoms with E-state index in [2.05, 4.69) is 0 Å². The van der Waals surface area contributed by atoms with Gasteiger partial charge in [-0.15, -0.1) is 0 Å². The summed E-state index contributed by atoms with van der Waals surface area (Å²) < 4.78 is 10.5. The number of ether oxygens (including phenoxy) is 2. The van der Waals surface area contributed by atoms with Gasteiger partial charge in [-0.1, -0.05) is 0 Å². The first-order valence-electron chi connectivity index (χ1n) is 6.79. The molecule has 3 atom stereocenters. The SMILES string of the molecule is CCOC(=O)[C@H]1C=C(C#N)O[C@@H]2N(C)C(=O)N(C)C(=O)[C@]12C. The fourth-order valence-electron chi connectivity index (χ4n) is 2.87. The highest BCUT2D eigenvalue weighted by Crippen LogP contribution is 2.45. The number of nitrogens with zero attached hydrogens (tertiary/aromatic N) is 3. The molecule has 1 fully saturated rings. The monoisotopic (exact) mass is 307 g/mol. The van der Waals surface area contributed by atoms with Crippen LogP contribution in [0.15, 0.2) is 11.8 Å². The lowest BCUT2D eigenvalue weighted by atomic mass is 9.71. The van der Waals surface area contributed by atoms with E-state index in [-0.39, 0.29) is 12.4 Å². The van der Waals surface area contributed by atoms with Crippen LogP contribution in [0.4, 0.5) is 4.79 Å². The second kappa shape index (κ2) is 5.33. The van der Waals surface area contributed by atoms with E-state index in [0.717, 1.165) is 4.90 Å². The van der Waals surface area contributed by atoms with Gasteiger partial charge < -0.3 is 9.47 Å². The summed E-state index contributed by atoms with van der Waals surface area (Å²) >= 11 is 0. The van der Waals surface area contributed by atoms with Gasteiger partial charge >= 0.3 is 12.0 Å². The van der Waals surface area contributed by atoms with Gasteiger partial charge in [0, 0.05) is 14.1 Å². The summed E-state index contributed by atoms with van der Waals surface area (Å²) in [6.45, 7) is 3.33. The Labute approximate surface area is 127 Å². The number of amides is 3. The Kier molecular flexibility index (Phi) is 3.83. The molecule has 2 aliphatic rings. The van der Waals surface area contributed by atoms with Crippen molar-refractivity contribution in [2.75, 3.05) is 20.7 Å². The molecule has 0 aromatic carbocycles. The maximum atomic E-state index is 12.6. The number of carbonyl (C=O) groups excluding carboxylic acids is 3. The average molecular weight is 307 g/mol. The molecule has 0 radical (unpaired) electrons. The number of allylic oxidation sites excluding steroid dienone is 1. The first-order chi connectivity index (χ1) is 10.3. The van der Waals surface area contributed by atoms with E-state index in [1.807, 2.05) is 6.07 Å². The van der Waals surface area contributed by atoms with Crippen molar-refractivity contribution in [1.82, 2.24) is 9.80 Å². The van der Waals surface area contributed by atoms with Gasteiger partial charge in [-0.3, -0.25) is 19.4 Å². The Balaban J connectivity index is 2.57. The summed E-state index contributed by atoms with van der Waals surface area (Å²) in [5, 5.41) is 9.07. The number of fused-ring (bicyclic) bond motifs is 1. The highest BCUT2D eigenvalue weighted by atomic mass is 16.5. The summed E-state index contributed by atoms with van der Waals surface area (Å²) in [5.74, 6) is -2.30. The molecule has 0 unspecified atom stereocenters. The van der Waals surface area contributed by atoms with E-state index in [4.69, 9.17) is 14.7 Å². The van der Waals surface area contributed by atoms with E-state index in [1.54, 1.807) is 6.92 Å². The van der Waals surface area contributed by atoms with Gasteiger partial charge in [0.2, 0.25) is 5.91 Å². The third-order valence-electron chi connectivity index (χ3n) is 4.07. The van der Waals surface area contributed by atoms with Crippen LogP contribution in [0.3, 0.4) is 0 Å². The number of rotatable bonds is 2. The molecule has 22 heavy (non-hydrogen) atoms. The van der Waals surface area contributed by atoms with Crippen LogP contribution < -0.4 is 0 Å². The number of hydrogen-bond acceptors (Lipinski definition) is 6. The normalized spacial score (nSPS) is 31.0. The fourth-order valence-corrected chi connectivity index (χ4v) is 2.87. The quantitative estimate of drug-likeness (QED) is 0.687. The van der Waals surface area contributed by atoms with Crippen molar-refractivity contribution >= 4 is 17.9 Å². The van der Waals surface area contributed by atoms with Gasteiger partial charge in [-0.25, -0.2) is 4.79 Å². The molecule has 1 saturated heterocycles. The summed E-state index contributed by atoms with van der Waals surface area (Å²) in [6, 6.07) is 1.25. The second-order valence-corrected chi connectivity index (χ2v) is 5.38. The molecule has 0 saturated carbocycles. The average Bonchev–Trinajstić information content (AvgIpc) is 2.51. The summed E-state index contributed by atoms with van der Waals surface area (Å²) in [4.78, 5) is 39.1. The molecule has 0 aliphatic carbocycles. The van der Waals surface area contributed by atoms with Crippen molar-refractivity contribution in [1.29, 1.82) is 5.26 Å². The number of imide groups is 1. The minimum atomic E-state index is -1.36. The Morgan fingerprint density at radius 3 is 2.68 bits per heavy atom. The zero-order valence-corrected chi connectivity index (χ0v) is 12.8. The highest BCUT2D eigenvalue weighted by Gasteiger charge is 2.62. The molecule has 0 N–H and O–H groups in total. The molecule has 8 heteroatoms. The summed E-state index contributed by atoms with van der Waals surface area (Å²) in [5.41, 5.74) is -1.36. The van der Waals surface area contributed by atoms with Crippen molar-refractivity contribution in [3.8, 4) is 6.07 Å². The van der Waals surface area contributed by atoms with Crippen molar-refractivity contribution in [3.05, 3.63) is 11.8 Å². The standard InChI is InChI=1S/C14H17N3O5/c1-5-21-10(18)9-6-8(7-15)22-12-14(9,2)11(19)16(3)13(20)17(12)4/h6,9,12H,5H2,1-4H3/t9-,12+,14+/m1/s1. The minimum Gasteiger partial charge on any atom is -0.466 e. The van der Waals surface area contributed by atoms with Crippen LogP contribution in [-0.4, -0.2) is 54.6 Å². The molecule has 0 aromatic heterocycles. The van der Waals surface area contributed by atoms with Crippen LogP contribution in [0.2, 0.25) is 0 Å². The van der Waals surface area contributed by atoms with Crippen LogP contribution in [0.5, 0.6) is 0 Å². The maximum absolute atomic E-state index is 12.6. The Morgan fingerprint density at radius 2 is 2.14 bits per heavy atom. The van der Waals surface area contributed by atoms with E-state index in [0.29, 0.717) is 0 Å². The number of esters is 1. The molecular weight excluding hydrogens is 290 g/mol. The lowest BCUT2D eigenvalue weighted by Crippen LogP contribution is -2.68. The predicted octanol–water partition coefficient (Wildman–Crippen LogP) is 0.460. The molecule has 2 heterocycles. The van der Waals surface area contributed by atoms with E-state index >= 15 is 0 Å². The van der Waals surface area contributed by atoms with Crippen LogP contribution in [0, 0.1) is 22.7 Å². The van der Waals surface area contributed by atoms with Crippen LogP contribution in [0.25, 0.3) is 0 Å². The Hall–Kier alpha value is -2.56. The number of carbonyl (C=O) groups is 3. The number of nitriles is 1. The molecule has 118 valence electrons. The van der Waals surface area contributed by atoms with E-state index in [9.17, 15) is 14.4 Å². The first kappa shape index (κ1) is 15.8. The molecule has 3 amide bonds. The van der Waals surface area contributed by atoms with Gasteiger partial charge in [0.1, 0.15) is 11.5 Å². The molecular formula is C14H17N3O5. The van der Waals surface area contributed by atoms with Crippen LogP contribution in [0.1, 0.15) is 13.8 Å². The highest BCUT2D eigenvalue weighted by molar-refractivity contribution is 6.02. The largest absolute Gasteiger partial charge is 0.466 e. The van der Waals surface area contributed by atoms with Crippen molar-refractivity contribution in [2.24, 2.45) is 11.3 Å². The smallest absolute Gasteiger partial charge is 0.329 e. The molecule has 0 spiro atoms. The van der Waals surface area contributed by atoms with Gasteiger partial charge in [0.15, 0.2) is 12.0 Å². The number of hydrogen-bond donors (Lipinski definition) is 0. The lowest BCUT2D eigenvalue weighted by Gasteiger charge is -2.50. The fraction of sp³-hybridized carbons (Fsp3) is 0.571. The lowest BCUT2D eigenvalue weighted by molar-refractivity contribution is -0.183. The zero-order chi connectivity index (χ0) is 16.7. The van der Waals surface area contributed by atoms with E-state index < -0.39 is 35.5 Å². The second-order valence-electron chi connectivity index (χ2n) is 5.38.